The fraction of sp³-hybridized carbons (Fsp3) is 0.714. The van der Waals surface area contributed by atoms with Crippen LogP contribution >= 0.6 is 0 Å². The second-order valence-electron chi connectivity index (χ2n) is 5.30. The summed E-state index contributed by atoms with van der Waals surface area (Å²) in [4.78, 5) is 10.9. The molecule has 4 nitrogen and oxygen atoms in total. The van der Waals surface area contributed by atoms with Gasteiger partial charge in [-0.05, 0) is 46.3 Å². The van der Waals surface area contributed by atoms with Gasteiger partial charge in [0, 0.05) is 23.5 Å². The lowest BCUT2D eigenvalue weighted by atomic mass is 9.84. The fourth-order valence-electron chi connectivity index (χ4n) is 3.13. The Kier molecular flexibility index (Phi) is 4.30. The van der Waals surface area contributed by atoms with Crippen molar-refractivity contribution < 1.29 is 0 Å². The molecule has 2 unspecified atom stereocenters. The van der Waals surface area contributed by atoms with E-state index >= 15 is 0 Å². The molecule has 1 aromatic rings. The van der Waals surface area contributed by atoms with E-state index < -0.39 is 0 Å². The lowest BCUT2D eigenvalue weighted by Gasteiger charge is -2.44. The van der Waals surface area contributed by atoms with Gasteiger partial charge in [0.25, 0.3) is 0 Å². The first-order chi connectivity index (χ1) is 8.72. The molecule has 1 fully saturated rings. The maximum absolute atomic E-state index is 4.16. The number of hydrogen-bond donors (Lipinski definition) is 1. The average Bonchev–Trinajstić information content (AvgIpc) is 2.95. The number of nitrogens with zero attached hydrogens (tertiary/aromatic N) is 3. The molecule has 0 saturated carbocycles. The molecule has 0 aromatic carbocycles. The van der Waals surface area contributed by atoms with Crippen LogP contribution in [0.25, 0.3) is 0 Å². The number of aromatic nitrogens is 2. The van der Waals surface area contributed by atoms with Crippen molar-refractivity contribution in [2.75, 3.05) is 20.1 Å². The summed E-state index contributed by atoms with van der Waals surface area (Å²) in [6.45, 7) is 7.03. The van der Waals surface area contributed by atoms with Gasteiger partial charge in [0.1, 0.15) is 6.33 Å². The highest BCUT2D eigenvalue weighted by atomic mass is 15.2. The molecule has 1 saturated heterocycles. The number of hydrogen-bond acceptors (Lipinski definition) is 4. The molecule has 0 amide bonds. The van der Waals surface area contributed by atoms with Crippen LogP contribution in [0.3, 0.4) is 0 Å². The Morgan fingerprint density at radius 2 is 1.94 bits per heavy atom. The Morgan fingerprint density at radius 3 is 2.44 bits per heavy atom. The molecular formula is C14H24N4. The van der Waals surface area contributed by atoms with Crippen LogP contribution in [0.15, 0.2) is 18.7 Å². The molecule has 0 radical (unpaired) electrons. The zero-order valence-electron chi connectivity index (χ0n) is 11.7. The number of nitrogens with one attached hydrogen (secondary N) is 1. The van der Waals surface area contributed by atoms with Gasteiger partial charge in [-0.3, -0.25) is 4.90 Å². The summed E-state index contributed by atoms with van der Waals surface area (Å²) < 4.78 is 0. The third-order valence-electron chi connectivity index (χ3n) is 4.37. The average molecular weight is 248 g/mol. The molecule has 1 aromatic heterocycles. The highest BCUT2D eigenvalue weighted by Crippen LogP contribution is 2.35. The van der Waals surface area contributed by atoms with Crippen LogP contribution < -0.4 is 5.32 Å². The lowest BCUT2D eigenvalue weighted by Crippen LogP contribution is -2.52. The predicted octanol–water partition coefficient (Wildman–Crippen LogP) is 2.00. The van der Waals surface area contributed by atoms with Crippen molar-refractivity contribution in [3.05, 3.63) is 24.3 Å². The molecule has 1 N–H and O–H groups in total. The molecule has 4 heteroatoms. The maximum atomic E-state index is 4.16. The zero-order chi connectivity index (χ0) is 13.0. The van der Waals surface area contributed by atoms with Crippen molar-refractivity contribution in [3.8, 4) is 0 Å². The quantitative estimate of drug-likeness (QED) is 0.865. The number of likely N-dealkylation sites (tertiary alicyclic amines) is 1. The van der Waals surface area contributed by atoms with Crippen molar-refractivity contribution in [1.29, 1.82) is 0 Å². The van der Waals surface area contributed by atoms with Crippen molar-refractivity contribution in [3.63, 3.8) is 0 Å². The minimum absolute atomic E-state index is 0.135. The summed E-state index contributed by atoms with van der Waals surface area (Å²) in [5, 5.41) is 3.47. The normalized spacial score (nSPS) is 21.7. The monoisotopic (exact) mass is 248 g/mol. The van der Waals surface area contributed by atoms with E-state index in [4.69, 9.17) is 0 Å². The largest absolute Gasteiger partial charge is 0.311 e. The van der Waals surface area contributed by atoms with E-state index in [1.165, 1.54) is 31.5 Å². The molecule has 100 valence electrons. The van der Waals surface area contributed by atoms with Gasteiger partial charge in [-0.25, -0.2) is 9.97 Å². The molecule has 18 heavy (non-hydrogen) atoms. The van der Waals surface area contributed by atoms with E-state index in [1.807, 2.05) is 19.4 Å². The second kappa shape index (κ2) is 5.76. The van der Waals surface area contributed by atoms with Crippen molar-refractivity contribution in [2.24, 2.45) is 0 Å². The van der Waals surface area contributed by atoms with Gasteiger partial charge in [0.2, 0.25) is 0 Å². The first-order valence-electron chi connectivity index (χ1n) is 6.89. The molecule has 1 aliphatic heterocycles. The summed E-state index contributed by atoms with van der Waals surface area (Å²) in [6, 6.07) is 0.279. The van der Waals surface area contributed by atoms with Gasteiger partial charge in [-0.1, -0.05) is 6.92 Å². The van der Waals surface area contributed by atoms with Crippen LogP contribution in [-0.2, 0) is 0 Å². The molecule has 0 bridgehead atoms. The Bertz CT molecular complexity index is 361. The number of rotatable bonds is 5. The first-order valence-corrected chi connectivity index (χ1v) is 6.89. The molecule has 0 aliphatic carbocycles. The van der Waals surface area contributed by atoms with Crippen LogP contribution in [-0.4, -0.2) is 40.5 Å². The smallest absolute Gasteiger partial charge is 0.115 e. The summed E-state index contributed by atoms with van der Waals surface area (Å²) in [5.41, 5.74) is 1.31. The SMILES string of the molecule is CCC(C)(C(NC)c1cncnc1)N1CCCC1. The Hall–Kier alpha value is -1.00. The molecule has 2 heterocycles. The van der Waals surface area contributed by atoms with E-state index in [1.54, 1.807) is 6.33 Å². The van der Waals surface area contributed by atoms with E-state index in [2.05, 4.69) is 34.0 Å². The molecule has 1 aliphatic rings. The highest BCUT2D eigenvalue weighted by Gasteiger charge is 2.39. The first kappa shape index (κ1) is 13.4. The van der Waals surface area contributed by atoms with E-state index in [9.17, 15) is 0 Å². The van der Waals surface area contributed by atoms with Gasteiger partial charge in [0.05, 0.1) is 6.04 Å². The topological polar surface area (TPSA) is 41.1 Å². The fourth-order valence-corrected chi connectivity index (χ4v) is 3.13. The predicted molar refractivity (Wildman–Crippen MR) is 73.3 cm³/mol. The van der Waals surface area contributed by atoms with Gasteiger partial charge in [0.15, 0.2) is 0 Å². The lowest BCUT2D eigenvalue weighted by molar-refractivity contribution is 0.0870. The van der Waals surface area contributed by atoms with E-state index in [-0.39, 0.29) is 11.6 Å². The van der Waals surface area contributed by atoms with Crippen LogP contribution in [0.4, 0.5) is 0 Å². The van der Waals surface area contributed by atoms with Crippen molar-refractivity contribution in [2.45, 2.75) is 44.7 Å². The van der Waals surface area contributed by atoms with Crippen molar-refractivity contribution >= 4 is 0 Å². The van der Waals surface area contributed by atoms with E-state index in [0.29, 0.717) is 0 Å². The van der Waals surface area contributed by atoms with Crippen molar-refractivity contribution in [1.82, 2.24) is 20.2 Å². The van der Waals surface area contributed by atoms with Gasteiger partial charge in [-0.15, -0.1) is 0 Å². The third-order valence-corrected chi connectivity index (χ3v) is 4.37. The molecule has 2 rings (SSSR count). The van der Waals surface area contributed by atoms with Gasteiger partial charge < -0.3 is 5.32 Å². The third kappa shape index (κ3) is 2.40. The minimum Gasteiger partial charge on any atom is -0.311 e. The Balaban J connectivity index is 2.28. The van der Waals surface area contributed by atoms with Crippen LogP contribution in [0.1, 0.15) is 44.7 Å². The summed E-state index contributed by atoms with van der Waals surface area (Å²) in [7, 11) is 2.03. The number of likely N-dealkylation sites (N-methyl/N-ethyl adjacent to an activating group) is 1. The minimum atomic E-state index is 0.135. The molecular weight excluding hydrogens is 224 g/mol. The van der Waals surface area contributed by atoms with Crippen LogP contribution in [0, 0.1) is 0 Å². The Labute approximate surface area is 110 Å². The summed E-state index contributed by atoms with van der Waals surface area (Å²) in [6.07, 6.45) is 9.20. The molecule has 0 spiro atoms. The summed E-state index contributed by atoms with van der Waals surface area (Å²) >= 11 is 0. The maximum Gasteiger partial charge on any atom is 0.115 e. The van der Waals surface area contributed by atoms with Gasteiger partial charge in [-0.2, -0.15) is 0 Å². The molecule has 2 atom stereocenters. The second-order valence-corrected chi connectivity index (χ2v) is 5.30. The van der Waals surface area contributed by atoms with E-state index in [0.717, 1.165) is 6.42 Å². The standard InChI is InChI=1S/C14H24N4/c1-4-14(2,18-7-5-6-8-18)13(15-3)12-9-16-11-17-10-12/h9-11,13,15H,4-8H2,1-3H3. The van der Waals surface area contributed by atoms with Crippen LogP contribution in [0.5, 0.6) is 0 Å². The summed E-state index contributed by atoms with van der Waals surface area (Å²) in [5.74, 6) is 0. The highest BCUT2D eigenvalue weighted by molar-refractivity contribution is 5.16. The Morgan fingerprint density at radius 1 is 1.33 bits per heavy atom. The van der Waals surface area contributed by atoms with Crippen LogP contribution in [0.2, 0.25) is 0 Å². The van der Waals surface area contributed by atoms with Gasteiger partial charge >= 0.3 is 0 Å². The zero-order valence-corrected chi connectivity index (χ0v) is 11.7.